The zero-order chi connectivity index (χ0) is 14.1. The Morgan fingerprint density at radius 1 is 1.25 bits per heavy atom. The van der Waals surface area contributed by atoms with Crippen LogP contribution in [0.2, 0.25) is 0 Å². The normalized spacial score (nSPS) is 10.3. The van der Waals surface area contributed by atoms with Crippen molar-refractivity contribution in [2.75, 3.05) is 0 Å². The van der Waals surface area contributed by atoms with Crippen LogP contribution >= 0.6 is 0 Å². The van der Waals surface area contributed by atoms with Crippen LogP contribution < -0.4 is 0 Å². The minimum Gasteiger partial charge on any atom is -0.302 e. The number of fused-ring (bicyclic) bond motifs is 1. The van der Waals surface area contributed by atoms with Gasteiger partial charge in [0.15, 0.2) is 0 Å². The van der Waals surface area contributed by atoms with Crippen LogP contribution in [0.1, 0.15) is 5.69 Å². The highest BCUT2D eigenvalue weighted by molar-refractivity contribution is 5.92. The van der Waals surface area contributed by atoms with Crippen LogP contribution in [0.25, 0.3) is 16.6 Å². The van der Waals surface area contributed by atoms with Crippen molar-refractivity contribution in [1.29, 1.82) is 5.26 Å². The molecule has 2 aromatic heterocycles. The Bertz CT molecular complexity index is 861. The Balaban J connectivity index is 2.40. The van der Waals surface area contributed by atoms with E-state index in [2.05, 4.69) is 4.98 Å². The number of nitrogens with zero attached hydrogens (tertiary/aromatic N) is 4. The zero-order valence-electron chi connectivity index (χ0n) is 10.2. The van der Waals surface area contributed by atoms with Crippen molar-refractivity contribution in [1.82, 2.24) is 9.55 Å². The largest absolute Gasteiger partial charge is 0.302 e. The fourth-order valence-electron chi connectivity index (χ4n) is 2.19. The van der Waals surface area contributed by atoms with Crippen molar-refractivity contribution in [3.05, 3.63) is 64.6 Å². The first-order chi connectivity index (χ1) is 9.72. The number of hydrogen-bond donors (Lipinski definition) is 0. The number of nitriles is 1. The first-order valence-electron chi connectivity index (χ1n) is 5.82. The van der Waals surface area contributed by atoms with Crippen molar-refractivity contribution >= 4 is 16.6 Å². The van der Waals surface area contributed by atoms with Gasteiger partial charge in [-0.2, -0.15) is 5.26 Å². The molecule has 6 heteroatoms. The van der Waals surface area contributed by atoms with Gasteiger partial charge >= 0.3 is 5.69 Å². The Labute approximate surface area is 113 Å². The first-order valence-corrected chi connectivity index (χ1v) is 5.82. The third kappa shape index (κ3) is 1.69. The minimum absolute atomic E-state index is 0.0525. The third-order valence-electron chi connectivity index (χ3n) is 3.04. The highest BCUT2D eigenvalue weighted by Crippen LogP contribution is 2.31. The van der Waals surface area contributed by atoms with Gasteiger partial charge in [0.25, 0.3) is 0 Å². The van der Waals surface area contributed by atoms with Crippen LogP contribution in [-0.2, 0) is 0 Å². The SMILES string of the molecule is N#Cc1cccn1-c1ccc2ncccc2c1[N+](=O)[O-]. The fourth-order valence-corrected chi connectivity index (χ4v) is 2.19. The van der Waals surface area contributed by atoms with Gasteiger partial charge in [0.2, 0.25) is 0 Å². The van der Waals surface area contributed by atoms with Crippen molar-refractivity contribution in [3.63, 3.8) is 0 Å². The van der Waals surface area contributed by atoms with Crippen molar-refractivity contribution in [2.45, 2.75) is 0 Å². The molecule has 0 aliphatic rings. The maximum atomic E-state index is 11.4. The van der Waals surface area contributed by atoms with Crippen LogP contribution in [0.15, 0.2) is 48.8 Å². The third-order valence-corrected chi connectivity index (χ3v) is 3.04. The van der Waals surface area contributed by atoms with Crippen molar-refractivity contribution < 1.29 is 4.92 Å². The summed E-state index contributed by atoms with van der Waals surface area (Å²) in [6, 6.07) is 11.9. The molecule has 0 saturated heterocycles. The van der Waals surface area contributed by atoms with Crippen LogP contribution in [0.5, 0.6) is 0 Å². The second kappa shape index (κ2) is 4.48. The lowest BCUT2D eigenvalue weighted by Gasteiger charge is -2.08. The van der Waals surface area contributed by atoms with E-state index in [4.69, 9.17) is 5.26 Å². The average Bonchev–Trinajstić information content (AvgIpc) is 2.94. The van der Waals surface area contributed by atoms with E-state index in [-0.39, 0.29) is 5.69 Å². The smallest absolute Gasteiger partial charge is 0.302 e. The molecule has 0 bridgehead atoms. The standard InChI is InChI=1S/C14H8N4O2/c15-9-10-3-2-8-17(10)13-6-5-12-11(4-1-7-16-12)14(13)18(19)20/h1-8H. The minimum atomic E-state index is -0.444. The average molecular weight is 264 g/mol. The summed E-state index contributed by atoms with van der Waals surface area (Å²) in [5, 5.41) is 20.9. The van der Waals surface area contributed by atoms with Gasteiger partial charge in [-0.25, -0.2) is 0 Å². The molecule has 0 saturated carbocycles. The van der Waals surface area contributed by atoms with E-state index in [0.717, 1.165) is 0 Å². The molecular formula is C14H8N4O2. The second-order valence-corrected chi connectivity index (χ2v) is 4.14. The second-order valence-electron chi connectivity index (χ2n) is 4.14. The molecule has 3 rings (SSSR count). The molecule has 1 aromatic carbocycles. The van der Waals surface area contributed by atoms with E-state index < -0.39 is 4.92 Å². The monoisotopic (exact) mass is 264 g/mol. The number of pyridine rings is 1. The summed E-state index contributed by atoms with van der Waals surface area (Å²) in [6.07, 6.45) is 3.21. The molecule has 0 spiro atoms. The highest BCUT2D eigenvalue weighted by atomic mass is 16.6. The van der Waals surface area contributed by atoms with E-state index >= 15 is 0 Å². The summed E-state index contributed by atoms with van der Waals surface area (Å²) in [5.74, 6) is 0. The molecule has 0 fully saturated rings. The lowest BCUT2D eigenvalue weighted by Crippen LogP contribution is -2.02. The number of aromatic nitrogens is 2. The summed E-state index contributed by atoms with van der Waals surface area (Å²) >= 11 is 0. The predicted octanol–water partition coefficient (Wildman–Crippen LogP) is 2.81. The summed E-state index contributed by atoms with van der Waals surface area (Å²) in [6.45, 7) is 0. The van der Waals surface area contributed by atoms with Crippen molar-refractivity contribution in [2.24, 2.45) is 0 Å². The summed E-state index contributed by atoms with van der Waals surface area (Å²) in [4.78, 5) is 15.1. The Kier molecular flexibility index (Phi) is 2.66. The number of nitro groups is 1. The Morgan fingerprint density at radius 3 is 2.85 bits per heavy atom. The summed E-state index contributed by atoms with van der Waals surface area (Å²) in [5.41, 5.74) is 1.20. The maximum absolute atomic E-state index is 11.4. The number of hydrogen-bond acceptors (Lipinski definition) is 4. The van der Waals surface area contributed by atoms with Gasteiger partial charge in [0.1, 0.15) is 17.5 Å². The molecule has 20 heavy (non-hydrogen) atoms. The van der Waals surface area contributed by atoms with E-state index in [9.17, 15) is 10.1 Å². The van der Waals surface area contributed by atoms with Gasteiger partial charge < -0.3 is 4.57 Å². The Hall–Kier alpha value is -3.20. The number of benzene rings is 1. The quantitative estimate of drug-likeness (QED) is 0.526. The van der Waals surface area contributed by atoms with E-state index in [1.165, 1.54) is 4.57 Å². The molecule has 6 nitrogen and oxygen atoms in total. The van der Waals surface area contributed by atoms with E-state index in [1.54, 1.807) is 48.8 Å². The maximum Gasteiger partial charge on any atom is 0.302 e. The molecular weight excluding hydrogens is 256 g/mol. The topological polar surface area (TPSA) is 84.8 Å². The molecule has 0 atom stereocenters. The van der Waals surface area contributed by atoms with Crippen LogP contribution in [0, 0.1) is 21.4 Å². The number of nitro benzene ring substituents is 1. The van der Waals surface area contributed by atoms with Gasteiger partial charge in [0, 0.05) is 12.4 Å². The predicted molar refractivity (Wildman–Crippen MR) is 72.4 cm³/mol. The molecule has 2 heterocycles. The molecule has 0 N–H and O–H groups in total. The first kappa shape index (κ1) is 11.9. The molecule has 96 valence electrons. The zero-order valence-corrected chi connectivity index (χ0v) is 10.2. The lowest BCUT2D eigenvalue weighted by atomic mass is 10.1. The number of rotatable bonds is 2. The van der Waals surface area contributed by atoms with Crippen LogP contribution in [0.3, 0.4) is 0 Å². The van der Waals surface area contributed by atoms with E-state index in [0.29, 0.717) is 22.3 Å². The van der Waals surface area contributed by atoms with Crippen LogP contribution in [-0.4, -0.2) is 14.5 Å². The van der Waals surface area contributed by atoms with Gasteiger partial charge in [-0.15, -0.1) is 0 Å². The molecule has 0 radical (unpaired) electrons. The molecule has 0 unspecified atom stereocenters. The van der Waals surface area contributed by atoms with E-state index in [1.807, 2.05) is 6.07 Å². The van der Waals surface area contributed by atoms with Gasteiger partial charge in [-0.3, -0.25) is 15.1 Å². The fraction of sp³-hybridized carbons (Fsp3) is 0. The Morgan fingerprint density at radius 2 is 2.10 bits per heavy atom. The van der Waals surface area contributed by atoms with Gasteiger partial charge in [0.05, 0.1) is 15.8 Å². The lowest BCUT2D eigenvalue weighted by molar-refractivity contribution is -0.382. The highest BCUT2D eigenvalue weighted by Gasteiger charge is 2.21. The summed E-state index contributed by atoms with van der Waals surface area (Å²) < 4.78 is 1.50. The van der Waals surface area contributed by atoms with Gasteiger partial charge in [-0.1, -0.05) is 0 Å². The summed E-state index contributed by atoms with van der Waals surface area (Å²) in [7, 11) is 0. The van der Waals surface area contributed by atoms with Gasteiger partial charge in [-0.05, 0) is 36.4 Å². The van der Waals surface area contributed by atoms with Crippen LogP contribution in [0.4, 0.5) is 5.69 Å². The molecule has 0 aliphatic carbocycles. The van der Waals surface area contributed by atoms with Crippen molar-refractivity contribution in [3.8, 4) is 11.8 Å². The molecule has 0 amide bonds. The molecule has 0 aliphatic heterocycles. The molecule has 3 aromatic rings.